The normalized spacial score (nSPS) is 19.2. The summed E-state index contributed by atoms with van der Waals surface area (Å²) < 4.78 is 18.8. The summed E-state index contributed by atoms with van der Waals surface area (Å²) in [6.07, 6.45) is 2.38. The van der Waals surface area contributed by atoms with E-state index in [9.17, 15) is 4.39 Å². The highest BCUT2D eigenvalue weighted by Crippen LogP contribution is 2.15. The van der Waals surface area contributed by atoms with Gasteiger partial charge in [0.15, 0.2) is 0 Å². The van der Waals surface area contributed by atoms with E-state index in [0.717, 1.165) is 44.6 Å². The summed E-state index contributed by atoms with van der Waals surface area (Å²) in [5.41, 5.74) is 2.52. The van der Waals surface area contributed by atoms with E-state index in [1.165, 1.54) is 17.7 Å². The third-order valence-corrected chi connectivity index (χ3v) is 4.14. The molecular formula is C19H22FNO. The Morgan fingerprint density at radius 2 is 1.77 bits per heavy atom. The van der Waals surface area contributed by atoms with E-state index in [4.69, 9.17) is 4.74 Å². The average molecular weight is 299 g/mol. The van der Waals surface area contributed by atoms with E-state index in [2.05, 4.69) is 29.2 Å². The van der Waals surface area contributed by atoms with Gasteiger partial charge < -0.3 is 4.74 Å². The first-order valence-corrected chi connectivity index (χ1v) is 7.92. The molecule has 22 heavy (non-hydrogen) atoms. The lowest BCUT2D eigenvalue weighted by Gasteiger charge is -2.33. The third-order valence-electron chi connectivity index (χ3n) is 4.14. The van der Waals surface area contributed by atoms with Crippen LogP contribution in [0.2, 0.25) is 0 Å². The first kappa shape index (κ1) is 15.2. The molecule has 0 aromatic heterocycles. The summed E-state index contributed by atoms with van der Waals surface area (Å²) in [5.74, 6) is -0.175. The number of aryl methyl sites for hydroxylation is 1. The van der Waals surface area contributed by atoms with Crippen LogP contribution in [0.25, 0.3) is 0 Å². The maximum absolute atomic E-state index is 13.0. The Morgan fingerprint density at radius 1 is 1.00 bits per heavy atom. The Kier molecular flexibility index (Phi) is 5.20. The molecule has 3 heteroatoms. The van der Waals surface area contributed by atoms with Crippen LogP contribution in [-0.4, -0.2) is 30.7 Å². The quantitative estimate of drug-likeness (QED) is 0.835. The highest BCUT2D eigenvalue weighted by Gasteiger charge is 2.20. The van der Waals surface area contributed by atoms with Crippen molar-refractivity contribution in [2.24, 2.45) is 0 Å². The minimum atomic E-state index is -0.175. The smallest absolute Gasteiger partial charge is 0.123 e. The molecule has 1 saturated heterocycles. The Labute approximate surface area is 131 Å². The van der Waals surface area contributed by atoms with Gasteiger partial charge in [-0.1, -0.05) is 42.5 Å². The van der Waals surface area contributed by atoms with Crippen molar-refractivity contribution in [2.45, 2.75) is 25.5 Å². The van der Waals surface area contributed by atoms with Crippen LogP contribution in [0, 0.1) is 5.82 Å². The lowest BCUT2D eigenvalue weighted by Crippen LogP contribution is -2.42. The Hall–Kier alpha value is -1.71. The minimum absolute atomic E-state index is 0.175. The molecule has 1 heterocycles. The lowest BCUT2D eigenvalue weighted by molar-refractivity contribution is -0.0345. The summed E-state index contributed by atoms with van der Waals surface area (Å²) in [4.78, 5) is 2.40. The number of nitrogens with zero attached hydrogens (tertiary/aromatic N) is 1. The molecule has 1 atom stereocenters. The average Bonchev–Trinajstić information content (AvgIpc) is 2.57. The molecule has 0 bridgehead atoms. The van der Waals surface area contributed by atoms with Gasteiger partial charge in [0.2, 0.25) is 0 Å². The molecule has 1 aliphatic rings. The second-order valence-corrected chi connectivity index (χ2v) is 5.88. The van der Waals surface area contributed by atoms with Crippen LogP contribution in [0.5, 0.6) is 0 Å². The zero-order valence-corrected chi connectivity index (χ0v) is 12.7. The summed E-state index contributed by atoms with van der Waals surface area (Å²) >= 11 is 0. The van der Waals surface area contributed by atoms with Crippen molar-refractivity contribution < 1.29 is 9.13 Å². The SMILES string of the molecule is Fc1ccc(CN2CCOC(CCc3ccccc3)C2)cc1. The van der Waals surface area contributed by atoms with Crippen LogP contribution >= 0.6 is 0 Å². The maximum Gasteiger partial charge on any atom is 0.123 e. The number of rotatable bonds is 5. The molecule has 0 N–H and O–H groups in total. The predicted molar refractivity (Wildman–Crippen MR) is 86.2 cm³/mol. The van der Waals surface area contributed by atoms with Gasteiger partial charge in [0.1, 0.15) is 5.82 Å². The van der Waals surface area contributed by atoms with E-state index in [0.29, 0.717) is 0 Å². The van der Waals surface area contributed by atoms with E-state index >= 15 is 0 Å². The molecule has 0 spiro atoms. The van der Waals surface area contributed by atoms with Crippen LogP contribution in [0.15, 0.2) is 54.6 Å². The van der Waals surface area contributed by atoms with E-state index in [-0.39, 0.29) is 11.9 Å². The molecule has 0 amide bonds. The van der Waals surface area contributed by atoms with E-state index in [1.54, 1.807) is 0 Å². The van der Waals surface area contributed by atoms with Gasteiger partial charge >= 0.3 is 0 Å². The van der Waals surface area contributed by atoms with Crippen molar-refractivity contribution in [3.05, 3.63) is 71.5 Å². The summed E-state index contributed by atoms with van der Waals surface area (Å²) in [7, 11) is 0. The number of ether oxygens (including phenoxy) is 1. The highest BCUT2D eigenvalue weighted by molar-refractivity contribution is 5.16. The van der Waals surface area contributed by atoms with Crippen molar-refractivity contribution in [3.63, 3.8) is 0 Å². The largest absolute Gasteiger partial charge is 0.376 e. The van der Waals surface area contributed by atoms with Crippen LogP contribution in [0.3, 0.4) is 0 Å². The number of morpholine rings is 1. The van der Waals surface area contributed by atoms with Gasteiger partial charge in [-0.15, -0.1) is 0 Å². The van der Waals surface area contributed by atoms with Crippen molar-refractivity contribution in [1.82, 2.24) is 4.90 Å². The fourth-order valence-electron chi connectivity index (χ4n) is 2.92. The molecule has 3 rings (SSSR count). The number of halogens is 1. The third kappa shape index (κ3) is 4.39. The fourth-order valence-corrected chi connectivity index (χ4v) is 2.92. The first-order chi connectivity index (χ1) is 10.8. The monoisotopic (exact) mass is 299 g/mol. The molecule has 1 aliphatic heterocycles. The molecule has 2 aromatic carbocycles. The zero-order chi connectivity index (χ0) is 15.2. The second kappa shape index (κ2) is 7.52. The number of hydrogen-bond donors (Lipinski definition) is 0. The molecule has 2 nitrogen and oxygen atoms in total. The standard InChI is InChI=1S/C19H22FNO/c20-18-9-6-17(7-10-18)14-21-12-13-22-19(15-21)11-8-16-4-2-1-3-5-16/h1-7,9-10,19H,8,11-15H2. The molecule has 0 aliphatic carbocycles. The molecule has 1 unspecified atom stereocenters. The van der Waals surface area contributed by atoms with Crippen LogP contribution < -0.4 is 0 Å². The fraction of sp³-hybridized carbons (Fsp3) is 0.368. The highest BCUT2D eigenvalue weighted by atomic mass is 19.1. The van der Waals surface area contributed by atoms with Gasteiger partial charge in [-0.2, -0.15) is 0 Å². The predicted octanol–water partition coefficient (Wildman–Crippen LogP) is 3.66. The zero-order valence-electron chi connectivity index (χ0n) is 12.7. The van der Waals surface area contributed by atoms with Crippen LogP contribution in [-0.2, 0) is 17.7 Å². The first-order valence-electron chi connectivity index (χ1n) is 7.92. The number of hydrogen-bond acceptors (Lipinski definition) is 2. The van der Waals surface area contributed by atoms with Crippen molar-refractivity contribution in [3.8, 4) is 0 Å². The molecule has 0 radical (unpaired) electrons. The maximum atomic E-state index is 13.0. The molecule has 0 saturated carbocycles. The number of benzene rings is 2. The molecule has 1 fully saturated rings. The molecular weight excluding hydrogens is 277 g/mol. The van der Waals surface area contributed by atoms with Crippen LogP contribution in [0.4, 0.5) is 4.39 Å². The van der Waals surface area contributed by atoms with Gasteiger partial charge in [0, 0.05) is 19.6 Å². The Balaban J connectivity index is 1.49. The topological polar surface area (TPSA) is 12.5 Å². The second-order valence-electron chi connectivity index (χ2n) is 5.88. The summed E-state index contributed by atoms with van der Waals surface area (Å²) in [6, 6.07) is 17.3. The van der Waals surface area contributed by atoms with Gasteiger partial charge in [0.05, 0.1) is 12.7 Å². The van der Waals surface area contributed by atoms with Gasteiger partial charge in [-0.05, 0) is 36.1 Å². The Morgan fingerprint density at radius 3 is 2.55 bits per heavy atom. The van der Waals surface area contributed by atoms with Gasteiger partial charge in [-0.25, -0.2) is 4.39 Å². The molecule has 116 valence electrons. The van der Waals surface area contributed by atoms with Crippen molar-refractivity contribution in [1.29, 1.82) is 0 Å². The summed E-state index contributed by atoms with van der Waals surface area (Å²) in [6.45, 7) is 3.54. The van der Waals surface area contributed by atoms with Crippen molar-refractivity contribution in [2.75, 3.05) is 19.7 Å². The van der Waals surface area contributed by atoms with Crippen LogP contribution in [0.1, 0.15) is 17.5 Å². The minimum Gasteiger partial charge on any atom is -0.376 e. The van der Waals surface area contributed by atoms with Gasteiger partial charge in [0.25, 0.3) is 0 Å². The molecule has 2 aromatic rings. The van der Waals surface area contributed by atoms with Crippen molar-refractivity contribution >= 4 is 0 Å². The van der Waals surface area contributed by atoms with E-state index < -0.39 is 0 Å². The Bertz CT molecular complexity index is 570. The van der Waals surface area contributed by atoms with E-state index in [1.807, 2.05) is 18.2 Å². The lowest BCUT2D eigenvalue weighted by atomic mass is 10.1. The summed E-state index contributed by atoms with van der Waals surface area (Å²) in [5, 5.41) is 0. The van der Waals surface area contributed by atoms with Gasteiger partial charge in [-0.3, -0.25) is 4.90 Å².